The molecule has 1 N–H and O–H groups in total. The fourth-order valence-electron chi connectivity index (χ4n) is 4.33. The van der Waals surface area contributed by atoms with Gasteiger partial charge in [0.1, 0.15) is 5.60 Å². The molecule has 130 valence electrons. The van der Waals surface area contributed by atoms with Crippen LogP contribution in [-0.4, -0.2) is 5.11 Å². The van der Waals surface area contributed by atoms with Crippen LogP contribution in [0.15, 0.2) is 103 Å². The Kier molecular flexibility index (Phi) is 3.70. The summed E-state index contributed by atoms with van der Waals surface area (Å²) < 4.78 is 0. The van der Waals surface area contributed by atoms with Gasteiger partial charge in [-0.3, -0.25) is 0 Å². The maximum atomic E-state index is 12.2. The molecule has 0 aliphatic heterocycles. The van der Waals surface area contributed by atoms with Crippen molar-refractivity contribution < 1.29 is 5.11 Å². The summed E-state index contributed by atoms with van der Waals surface area (Å²) in [6.45, 7) is 0. The Bertz CT molecular complexity index is 1060. The summed E-state index contributed by atoms with van der Waals surface area (Å²) in [5, 5.41) is 12.2. The van der Waals surface area contributed by atoms with Gasteiger partial charge in [-0.05, 0) is 45.4 Å². The van der Waals surface area contributed by atoms with E-state index in [9.17, 15) is 5.11 Å². The van der Waals surface area contributed by atoms with Gasteiger partial charge in [0.15, 0.2) is 0 Å². The number of hydrogen-bond donors (Lipinski definition) is 1. The lowest BCUT2D eigenvalue weighted by Gasteiger charge is -2.32. The lowest BCUT2D eigenvalue weighted by molar-refractivity contribution is 0.125. The molecule has 1 heteroatoms. The third-order valence-electron chi connectivity index (χ3n) is 5.62. The van der Waals surface area contributed by atoms with Crippen LogP contribution in [0.2, 0.25) is 0 Å². The van der Waals surface area contributed by atoms with E-state index in [0.717, 1.165) is 23.1 Å². The third-order valence-corrected chi connectivity index (χ3v) is 5.62. The van der Waals surface area contributed by atoms with Gasteiger partial charge in [-0.15, -0.1) is 0 Å². The average molecular weight is 348 g/mol. The van der Waals surface area contributed by atoms with Gasteiger partial charge in [-0.1, -0.05) is 103 Å². The van der Waals surface area contributed by atoms with Crippen LogP contribution in [0.25, 0.3) is 11.1 Å². The summed E-state index contributed by atoms with van der Waals surface area (Å²) in [6, 6.07) is 34.8. The van der Waals surface area contributed by atoms with Crippen molar-refractivity contribution in [2.24, 2.45) is 0 Å². The summed E-state index contributed by atoms with van der Waals surface area (Å²) in [7, 11) is 0. The van der Waals surface area contributed by atoms with E-state index < -0.39 is 5.60 Å². The molecule has 0 amide bonds. The average Bonchev–Trinajstić information content (AvgIpc) is 3.13. The SMILES string of the molecule is OC(c1ccccc1)(c1ccccc1)c1cccc2c1Cc1ccccc1-2. The van der Waals surface area contributed by atoms with Crippen LogP contribution in [0.4, 0.5) is 0 Å². The van der Waals surface area contributed by atoms with Crippen molar-refractivity contribution in [2.45, 2.75) is 12.0 Å². The van der Waals surface area contributed by atoms with Crippen molar-refractivity contribution in [1.29, 1.82) is 0 Å². The normalized spacial score (nSPS) is 12.5. The van der Waals surface area contributed by atoms with E-state index in [2.05, 4.69) is 42.5 Å². The van der Waals surface area contributed by atoms with Gasteiger partial charge in [-0.25, -0.2) is 0 Å². The van der Waals surface area contributed by atoms with Crippen LogP contribution in [0.1, 0.15) is 27.8 Å². The fraction of sp³-hybridized carbons (Fsp3) is 0.0769. The predicted octanol–water partition coefficient (Wildman–Crippen LogP) is 5.54. The van der Waals surface area contributed by atoms with Gasteiger partial charge >= 0.3 is 0 Å². The summed E-state index contributed by atoms with van der Waals surface area (Å²) in [4.78, 5) is 0. The number of hydrogen-bond acceptors (Lipinski definition) is 1. The largest absolute Gasteiger partial charge is 0.376 e. The summed E-state index contributed by atoms with van der Waals surface area (Å²) in [5.74, 6) is 0. The zero-order valence-corrected chi connectivity index (χ0v) is 15.0. The van der Waals surface area contributed by atoms with Crippen molar-refractivity contribution in [3.8, 4) is 11.1 Å². The Morgan fingerprint density at radius 1 is 0.556 bits per heavy atom. The number of rotatable bonds is 3. The quantitative estimate of drug-likeness (QED) is 0.424. The van der Waals surface area contributed by atoms with Gasteiger partial charge < -0.3 is 5.11 Å². The molecular weight excluding hydrogens is 328 g/mol. The zero-order valence-electron chi connectivity index (χ0n) is 15.0. The summed E-state index contributed by atoms with van der Waals surface area (Å²) in [6.07, 6.45) is 0.851. The van der Waals surface area contributed by atoms with E-state index in [1.165, 1.54) is 22.3 Å². The molecule has 0 spiro atoms. The first-order valence-corrected chi connectivity index (χ1v) is 9.32. The van der Waals surface area contributed by atoms with Crippen LogP contribution < -0.4 is 0 Å². The fourth-order valence-corrected chi connectivity index (χ4v) is 4.33. The van der Waals surface area contributed by atoms with Crippen LogP contribution >= 0.6 is 0 Å². The van der Waals surface area contributed by atoms with E-state index in [1.807, 2.05) is 60.7 Å². The molecule has 27 heavy (non-hydrogen) atoms. The highest BCUT2D eigenvalue weighted by Crippen LogP contribution is 2.45. The molecule has 1 nitrogen and oxygen atoms in total. The molecule has 4 aromatic rings. The van der Waals surface area contributed by atoms with Crippen LogP contribution in [-0.2, 0) is 12.0 Å². The number of fused-ring (bicyclic) bond motifs is 3. The number of benzene rings is 4. The minimum atomic E-state index is -1.18. The summed E-state index contributed by atoms with van der Waals surface area (Å²) >= 11 is 0. The van der Waals surface area contributed by atoms with Gasteiger partial charge in [0.25, 0.3) is 0 Å². The second-order valence-corrected chi connectivity index (χ2v) is 7.11. The smallest absolute Gasteiger partial charge is 0.140 e. The van der Waals surface area contributed by atoms with E-state index in [-0.39, 0.29) is 0 Å². The van der Waals surface area contributed by atoms with Gasteiger partial charge in [0.2, 0.25) is 0 Å². The van der Waals surface area contributed by atoms with E-state index in [0.29, 0.717) is 0 Å². The molecule has 0 saturated heterocycles. The molecule has 4 aromatic carbocycles. The van der Waals surface area contributed by atoms with Crippen molar-refractivity contribution >= 4 is 0 Å². The standard InChI is InChI=1S/C26H20O/c27-26(20-11-3-1-4-12-20,21-13-5-2-6-14-21)25-17-9-16-23-22-15-8-7-10-19(22)18-24(23)25/h1-17,27H,18H2. The highest BCUT2D eigenvalue weighted by Gasteiger charge is 2.37. The Morgan fingerprint density at radius 2 is 1.11 bits per heavy atom. The second-order valence-electron chi connectivity index (χ2n) is 7.11. The van der Waals surface area contributed by atoms with Crippen LogP contribution in [0.3, 0.4) is 0 Å². The molecule has 0 unspecified atom stereocenters. The molecule has 0 radical (unpaired) electrons. The monoisotopic (exact) mass is 348 g/mol. The highest BCUT2D eigenvalue weighted by atomic mass is 16.3. The predicted molar refractivity (Wildman–Crippen MR) is 110 cm³/mol. The Hall–Kier alpha value is -3.16. The zero-order chi connectivity index (χ0) is 18.3. The van der Waals surface area contributed by atoms with E-state index in [1.54, 1.807) is 0 Å². The van der Waals surface area contributed by atoms with Crippen molar-refractivity contribution in [2.75, 3.05) is 0 Å². The van der Waals surface area contributed by atoms with Crippen molar-refractivity contribution in [1.82, 2.24) is 0 Å². The first-order chi connectivity index (χ1) is 13.3. The molecule has 5 rings (SSSR count). The second kappa shape index (κ2) is 6.22. The van der Waals surface area contributed by atoms with Crippen molar-refractivity contribution in [3.05, 3.63) is 131 Å². The molecule has 1 aliphatic rings. The topological polar surface area (TPSA) is 20.2 Å². The Labute approximate surface area is 159 Å². The molecule has 0 heterocycles. The Balaban J connectivity index is 1.79. The lowest BCUT2D eigenvalue weighted by Crippen LogP contribution is -2.30. The molecule has 1 aliphatic carbocycles. The van der Waals surface area contributed by atoms with E-state index in [4.69, 9.17) is 0 Å². The van der Waals surface area contributed by atoms with Gasteiger partial charge in [-0.2, -0.15) is 0 Å². The number of aliphatic hydroxyl groups is 1. The molecule has 0 atom stereocenters. The van der Waals surface area contributed by atoms with Crippen molar-refractivity contribution in [3.63, 3.8) is 0 Å². The molecule has 0 bridgehead atoms. The molecular formula is C26H20O. The third kappa shape index (κ3) is 2.43. The first-order valence-electron chi connectivity index (χ1n) is 9.32. The molecule has 0 saturated carbocycles. The first kappa shape index (κ1) is 16.0. The van der Waals surface area contributed by atoms with Gasteiger partial charge in [0, 0.05) is 0 Å². The minimum Gasteiger partial charge on any atom is -0.376 e. The lowest BCUT2D eigenvalue weighted by atomic mass is 9.77. The molecule has 0 fully saturated rings. The maximum Gasteiger partial charge on any atom is 0.140 e. The minimum absolute atomic E-state index is 0.851. The highest BCUT2D eigenvalue weighted by molar-refractivity contribution is 5.79. The van der Waals surface area contributed by atoms with Gasteiger partial charge in [0.05, 0.1) is 0 Å². The maximum absolute atomic E-state index is 12.2. The Morgan fingerprint density at radius 3 is 1.78 bits per heavy atom. The van der Waals surface area contributed by atoms with E-state index >= 15 is 0 Å². The molecule has 0 aromatic heterocycles. The summed E-state index contributed by atoms with van der Waals surface area (Å²) in [5.41, 5.74) is 6.61. The van der Waals surface area contributed by atoms with Crippen LogP contribution in [0.5, 0.6) is 0 Å². The van der Waals surface area contributed by atoms with Crippen LogP contribution in [0, 0.1) is 0 Å².